The third-order valence-electron chi connectivity index (χ3n) is 7.58. The largest absolute Gasteiger partial charge is 0.348 e. The van der Waals surface area contributed by atoms with E-state index in [1.807, 2.05) is 0 Å². The third-order valence-corrected chi connectivity index (χ3v) is 7.58. The molecule has 3 nitrogen and oxygen atoms in total. The van der Waals surface area contributed by atoms with E-state index < -0.39 is 23.5 Å². The quantitative estimate of drug-likeness (QED) is 0.294. The second-order valence-electron chi connectivity index (χ2n) is 10.2. The van der Waals surface area contributed by atoms with Gasteiger partial charge in [0.2, 0.25) is 0 Å². The highest BCUT2D eigenvalue weighted by molar-refractivity contribution is 5.35. The summed E-state index contributed by atoms with van der Waals surface area (Å²) in [5.41, 5.74) is -0.272. The van der Waals surface area contributed by atoms with Gasteiger partial charge in [-0.25, -0.2) is 8.78 Å². The molecule has 0 N–H and O–H groups in total. The number of benzene rings is 1. The molecule has 3 rings (SSSR count). The van der Waals surface area contributed by atoms with Crippen molar-refractivity contribution in [3.63, 3.8) is 0 Å². The fraction of sp³-hybridized carbons (Fsp3) is 0.750. The van der Waals surface area contributed by atoms with Gasteiger partial charge in [0, 0.05) is 11.5 Å². The lowest BCUT2D eigenvalue weighted by Crippen LogP contribution is -2.28. The summed E-state index contributed by atoms with van der Waals surface area (Å²) in [5.74, 6) is 0.343. The molecule has 0 spiro atoms. The Morgan fingerprint density at radius 2 is 1.30 bits per heavy atom. The summed E-state index contributed by atoms with van der Waals surface area (Å²) in [6.45, 7) is 3.36. The van der Waals surface area contributed by atoms with E-state index in [4.69, 9.17) is 14.7 Å². The smallest absolute Gasteiger partial charge is 0.184 e. The number of ether oxygens (including phenoxy) is 2. The van der Waals surface area contributed by atoms with Gasteiger partial charge in [0.25, 0.3) is 0 Å². The van der Waals surface area contributed by atoms with Gasteiger partial charge in [-0.05, 0) is 30.4 Å². The molecule has 1 saturated carbocycles. The van der Waals surface area contributed by atoms with Gasteiger partial charge in [-0.15, -0.1) is 0 Å². The van der Waals surface area contributed by atoms with E-state index >= 15 is 0 Å². The number of hydrogen-bond acceptors (Lipinski definition) is 3. The van der Waals surface area contributed by atoms with Crippen molar-refractivity contribution in [3.8, 4) is 6.07 Å². The van der Waals surface area contributed by atoms with Crippen molar-refractivity contribution >= 4 is 0 Å². The molecular formula is C28H41F2NO2. The lowest BCUT2D eigenvalue weighted by Gasteiger charge is -2.32. The normalized spacial score (nSPS) is 25.6. The minimum Gasteiger partial charge on any atom is -0.348 e. The highest BCUT2D eigenvalue weighted by atomic mass is 19.1. The number of hydrogen-bond donors (Lipinski definition) is 0. The van der Waals surface area contributed by atoms with Crippen LogP contribution in [0.15, 0.2) is 12.1 Å². The lowest BCUT2D eigenvalue weighted by atomic mass is 9.77. The molecule has 1 heterocycles. The van der Waals surface area contributed by atoms with Gasteiger partial charge >= 0.3 is 0 Å². The van der Waals surface area contributed by atoms with E-state index in [9.17, 15) is 8.78 Å². The molecule has 33 heavy (non-hydrogen) atoms. The fourth-order valence-electron chi connectivity index (χ4n) is 5.41. The van der Waals surface area contributed by atoms with Crippen LogP contribution in [0.1, 0.15) is 114 Å². The Balaban J connectivity index is 1.27. The maximum atomic E-state index is 13.9. The highest BCUT2D eigenvalue weighted by Crippen LogP contribution is 2.36. The van der Waals surface area contributed by atoms with Crippen molar-refractivity contribution in [1.82, 2.24) is 0 Å². The summed E-state index contributed by atoms with van der Waals surface area (Å²) >= 11 is 0. The minimum absolute atomic E-state index is 0.293. The van der Waals surface area contributed by atoms with Gasteiger partial charge in [0.05, 0.1) is 13.2 Å². The summed E-state index contributed by atoms with van der Waals surface area (Å²) in [6, 6.07) is 3.81. The van der Waals surface area contributed by atoms with E-state index in [-0.39, 0.29) is 0 Å². The molecule has 1 aromatic carbocycles. The Morgan fingerprint density at radius 1 is 0.788 bits per heavy atom. The van der Waals surface area contributed by atoms with Crippen LogP contribution >= 0.6 is 0 Å². The SMILES string of the molecule is CCCCCCCCC[C@H]1CC[C@H](CC[C@H]2CO[C@H](c3cc(F)c(C#N)c(F)c3)OC2)CC1. The Kier molecular flexibility index (Phi) is 11.1. The standard InChI is InChI=1S/C28H41F2NO2/c1-2-3-4-5-6-7-8-9-21-10-12-22(13-11-21)14-15-23-19-32-28(33-20-23)24-16-26(29)25(18-31)27(30)17-24/h16-17,21-23,28H,2-15,19-20H2,1H3/t21-,22-,23-,28-. The first-order valence-corrected chi connectivity index (χ1v) is 13.2. The molecule has 0 atom stereocenters. The number of rotatable bonds is 12. The van der Waals surface area contributed by atoms with Crippen molar-refractivity contribution in [2.75, 3.05) is 13.2 Å². The number of halogens is 2. The molecule has 1 saturated heterocycles. The first kappa shape index (κ1) is 26.1. The zero-order chi connectivity index (χ0) is 23.5. The van der Waals surface area contributed by atoms with Crippen LogP contribution < -0.4 is 0 Å². The predicted octanol–water partition coefficient (Wildman–Crippen LogP) is 8.23. The van der Waals surface area contributed by atoms with Gasteiger partial charge in [0.15, 0.2) is 6.29 Å². The number of nitriles is 1. The Hall–Kier alpha value is -1.51. The minimum atomic E-state index is -0.871. The van der Waals surface area contributed by atoms with Gasteiger partial charge in [-0.3, -0.25) is 0 Å². The zero-order valence-electron chi connectivity index (χ0n) is 20.3. The summed E-state index contributed by atoms with van der Waals surface area (Å²) in [4.78, 5) is 0. The Labute approximate surface area is 198 Å². The molecule has 5 heteroatoms. The summed E-state index contributed by atoms with van der Waals surface area (Å²) in [6.07, 6.45) is 18.2. The van der Waals surface area contributed by atoms with Crippen LogP contribution in [-0.4, -0.2) is 13.2 Å². The average Bonchev–Trinajstić information content (AvgIpc) is 2.83. The van der Waals surface area contributed by atoms with Crippen molar-refractivity contribution in [3.05, 3.63) is 34.9 Å². The second kappa shape index (κ2) is 14.0. The van der Waals surface area contributed by atoms with E-state index in [1.54, 1.807) is 6.07 Å². The van der Waals surface area contributed by atoms with Gasteiger partial charge in [-0.2, -0.15) is 5.26 Å². The van der Waals surface area contributed by atoms with Crippen molar-refractivity contribution < 1.29 is 18.3 Å². The summed E-state index contributed by atoms with van der Waals surface area (Å²) in [7, 11) is 0. The molecule has 0 amide bonds. The third kappa shape index (κ3) is 8.34. The Bertz CT molecular complexity index is 724. The van der Waals surface area contributed by atoms with Crippen LogP contribution in [0, 0.1) is 40.7 Å². The molecule has 1 aliphatic heterocycles. The van der Waals surface area contributed by atoms with Crippen LogP contribution in [0.25, 0.3) is 0 Å². The van der Waals surface area contributed by atoms with Crippen LogP contribution in [0.5, 0.6) is 0 Å². The topological polar surface area (TPSA) is 42.2 Å². The molecule has 2 aliphatic rings. The van der Waals surface area contributed by atoms with Crippen molar-refractivity contribution in [2.24, 2.45) is 17.8 Å². The van der Waals surface area contributed by atoms with E-state index in [1.165, 1.54) is 83.5 Å². The number of nitrogens with zero attached hydrogens (tertiary/aromatic N) is 1. The molecule has 0 aromatic heterocycles. The van der Waals surface area contributed by atoms with E-state index in [0.717, 1.165) is 30.4 Å². The average molecular weight is 462 g/mol. The molecule has 0 unspecified atom stereocenters. The summed E-state index contributed by atoms with van der Waals surface area (Å²) < 4.78 is 39.3. The summed E-state index contributed by atoms with van der Waals surface area (Å²) in [5, 5.41) is 8.81. The van der Waals surface area contributed by atoms with E-state index in [2.05, 4.69) is 6.92 Å². The number of unbranched alkanes of at least 4 members (excludes halogenated alkanes) is 6. The van der Waals surface area contributed by atoms with Crippen LogP contribution in [0.3, 0.4) is 0 Å². The zero-order valence-corrected chi connectivity index (χ0v) is 20.3. The van der Waals surface area contributed by atoms with Gasteiger partial charge < -0.3 is 9.47 Å². The van der Waals surface area contributed by atoms with Crippen LogP contribution in [0.4, 0.5) is 8.78 Å². The molecule has 1 aliphatic carbocycles. The monoisotopic (exact) mass is 461 g/mol. The maximum Gasteiger partial charge on any atom is 0.184 e. The van der Waals surface area contributed by atoms with Gasteiger partial charge in [0.1, 0.15) is 23.3 Å². The predicted molar refractivity (Wildman–Crippen MR) is 127 cm³/mol. The van der Waals surface area contributed by atoms with Crippen molar-refractivity contribution in [2.45, 2.75) is 103 Å². The van der Waals surface area contributed by atoms with Crippen LogP contribution in [-0.2, 0) is 9.47 Å². The molecule has 1 aromatic rings. The second-order valence-corrected chi connectivity index (χ2v) is 10.2. The highest BCUT2D eigenvalue weighted by Gasteiger charge is 2.27. The molecular weight excluding hydrogens is 420 g/mol. The molecule has 2 fully saturated rings. The molecule has 184 valence electrons. The first-order valence-electron chi connectivity index (χ1n) is 13.2. The Morgan fingerprint density at radius 3 is 1.88 bits per heavy atom. The lowest BCUT2D eigenvalue weighted by molar-refractivity contribution is -0.206. The molecule has 0 radical (unpaired) electrons. The molecule has 0 bridgehead atoms. The fourth-order valence-corrected chi connectivity index (χ4v) is 5.41. The van der Waals surface area contributed by atoms with Crippen molar-refractivity contribution in [1.29, 1.82) is 5.26 Å². The van der Waals surface area contributed by atoms with Crippen LogP contribution in [0.2, 0.25) is 0 Å². The van der Waals surface area contributed by atoms with E-state index in [0.29, 0.717) is 24.7 Å². The van der Waals surface area contributed by atoms with Gasteiger partial charge in [-0.1, -0.05) is 90.4 Å². The maximum absolute atomic E-state index is 13.9. The first-order chi connectivity index (χ1) is 16.1.